The van der Waals surface area contributed by atoms with Gasteiger partial charge in [0.1, 0.15) is 6.20 Å². The van der Waals surface area contributed by atoms with Crippen molar-refractivity contribution in [2.75, 3.05) is 18.1 Å². The lowest BCUT2D eigenvalue weighted by Gasteiger charge is -2.37. The van der Waals surface area contributed by atoms with E-state index in [1.165, 1.54) is 0 Å². The van der Waals surface area contributed by atoms with Crippen molar-refractivity contribution in [1.29, 1.82) is 0 Å². The fourth-order valence-corrected chi connectivity index (χ4v) is 2.42. The number of hydrogen-bond donors (Lipinski definition) is 0. The normalized spacial score (nSPS) is 14.3. The molecule has 1 aromatic heterocycles. The fourth-order valence-electron chi connectivity index (χ4n) is 2.29. The van der Waals surface area contributed by atoms with Crippen molar-refractivity contribution in [2.45, 2.75) is 38.6 Å². The number of aromatic nitrogens is 2. The molecule has 0 radical (unpaired) electrons. The van der Waals surface area contributed by atoms with E-state index < -0.39 is 4.92 Å². The summed E-state index contributed by atoms with van der Waals surface area (Å²) in [4.78, 5) is 31.6. The summed E-state index contributed by atoms with van der Waals surface area (Å²) in [6, 6.07) is 0.124. The lowest BCUT2D eigenvalue weighted by Crippen LogP contribution is -2.42. The fraction of sp³-hybridized carbons (Fsp3) is 0.615. The van der Waals surface area contributed by atoms with Gasteiger partial charge in [-0.3, -0.25) is 14.9 Å². The van der Waals surface area contributed by atoms with Crippen LogP contribution in [-0.4, -0.2) is 40.1 Å². The number of anilines is 1. The van der Waals surface area contributed by atoms with E-state index in [0.29, 0.717) is 13.2 Å². The van der Waals surface area contributed by atoms with Crippen LogP contribution in [0.5, 0.6) is 0 Å². The molecule has 0 N–H and O–H groups in total. The van der Waals surface area contributed by atoms with E-state index in [2.05, 4.69) is 9.97 Å². The van der Waals surface area contributed by atoms with Gasteiger partial charge >= 0.3 is 11.7 Å². The molecule has 0 aliphatic heterocycles. The summed E-state index contributed by atoms with van der Waals surface area (Å²) >= 11 is 5.78. The van der Waals surface area contributed by atoms with Gasteiger partial charge in [-0.2, -0.15) is 4.98 Å². The highest BCUT2D eigenvalue weighted by Gasteiger charge is 2.31. The van der Waals surface area contributed by atoms with Crippen molar-refractivity contribution in [1.82, 2.24) is 9.97 Å². The maximum Gasteiger partial charge on any atom is 0.329 e. The van der Waals surface area contributed by atoms with Gasteiger partial charge in [0, 0.05) is 12.6 Å². The smallest absolute Gasteiger partial charge is 0.329 e. The molecule has 1 aliphatic rings. The Hall–Kier alpha value is -1.96. The van der Waals surface area contributed by atoms with Crippen molar-refractivity contribution in [3.05, 3.63) is 21.6 Å². The number of halogens is 1. The second-order valence-electron chi connectivity index (χ2n) is 4.94. The first-order valence-corrected chi connectivity index (χ1v) is 7.50. The number of carbonyl (C=O) groups is 1. The molecular weight excluding hydrogens is 312 g/mol. The lowest BCUT2D eigenvalue weighted by molar-refractivity contribution is -0.384. The minimum atomic E-state index is -0.540. The van der Waals surface area contributed by atoms with Gasteiger partial charge in [-0.05, 0) is 37.8 Å². The molecule has 0 unspecified atom stereocenters. The Labute approximate surface area is 132 Å². The Kier molecular flexibility index (Phi) is 5.48. The zero-order chi connectivity index (χ0) is 16.1. The zero-order valence-electron chi connectivity index (χ0n) is 12.2. The molecule has 1 heterocycles. The van der Waals surface area contributed by atoms with Crippen molar-refractivity contribution in [3.8, 4) is 0 Å². The first-order valence-electron chi connectivity index (χ1n) is 7.12. The van der Waals surface area contributed by atoms with Crippen LogP contribution in [0.3, 0.4) is 0 Å². The van der Waals surface area contributed by atoms with Gasteiger partial charge in [0.15, 0.2) is 0 Å². The zero-order valence-corrected chi connectivity index (χ0v) is 13.0. The topological polar surface area (TPSA) is 98.5 Å². The molecule has 0 saturated heterocycles. The summed E-state index contributed by atoms with van der Waals surface area (Å²) in [7, 11) is 0. The summed E-state index contributed by atoms with van der Waals surface area (Å²) in [5.41, 5.74) is -0.208. The van der Waals surface area contributed by atoms with Crippen LogP contribution in [0.4, 0.5) is 11.5 Å². The van der Waals surface area contributed by atoms with Crippen LogP contribution in [0.2, 0.25) is 5.28 Å². The average molecular weight is 329 g/mol. The SMILES string of the molecule is CCOC(=O)CCN(c1nc(Cl)ncc1[N+](=O)[O-])C1CCC1. The predicted molar refractivity (Wildman–Crippen MR) is 79.9 cm³/mol. The molecule has 8 nitrogen and oxygen atoms in total. The van der Waals surface area contributed by atoms with Crippen LogP contribution in [0.15, 0.2) is 6.20 Å². The first kappa shape index (κ1) is 16.4. The van der Waals surface area contributed by atoms with E-state index in [9.17, 15) is 14.9 Å². The summed E-state index contributed by atoms with van der Waals surface area (Å²) in [6.07, 6.45) is 4.10. The van der Waals surface area contributed by atoms with Gasteiger partial charge < -0.3 is 9.64 Å². The molecule has 1 saturated carbocycles. The third kappa shape index (κ3) is 3.82. The van der Waals surface area contributed by atoms with E-state index in [-0.39, 0.29) is 35.2 Å². The minimum Gasteiger partial charge on any atom is -0.466 e. The predicted octanol–water partition coefficient (Wildman–Crippen LogP) is 2.35. The number of nitro groups is 1. The van der Waals surface area contributed by atoms with Crippen molar-refractivity contribution in [2.24, 2.45) is 0 Å². The number of ether oxygens (including phenoxy) is 1. The lowest BCUT2D eigenvalue weighted by atomic mass is 9.91. The summed E-state index contributed by atoms with van der Waals surface area (Å²) < 4.78 is 4.90. The highest BCUT2D eigenvalue weighted by molar-refractivity contribution is 6.28. The molecule has 0 amide bonds. The maximum atomic E-state index is 11.6. The molecule has 120 valence electrons. The number of nitrogens with zero attached hydrogens (tertiary/aromatic N) is 4. The largest absolute Gasteiger partial charge is 0.466 e. The molecule has 2 rings (SSSR count). The van der Waals surface area contributed by atoms with E-state index in [0.717, 1.165) is 25.5 Å². The van der Waals surface area contributed by atoms with Gasteiger partial charge in [-0.15, -0.1) is 0 Å². The Morgan fingerprint density at radius 2 is 2.32 bits per heavy atom. The number of hydrogen-bond acceptors (Lipinski definition) is 7. The highest BCUT2D eigenvalue weighted by atomic mass is 35.5. The first-order chi connectivity index (χ1) is 10.5. The van der Waals surface area contributed by atoms with Crippen LogP contribution in [-0.2, 0) is 9.53 Å². The van der Waals surface area contributed by atoms with Gasteiger partial charge in [-0.1, -0.05) is 0 Å². The monoisotopic (exact) mass is 328 g/mol. The van der Waals surface area contributed by atoms with Crippen LogP contribution in [0, 0.1) is 10.1 Å². The third-order valence-electron chi connectivity index (χ3n) is 3.57. The Bertz CT molecular complexity index is 565. The molecule has 0 aromatic carbocycles. The quantitative estimate of drug-likeness (QED) is 0.328. The van der Waals surface area contributed by atoms with E-state index in [1.807, 2.05) is 0 Å². The van der Waals surface area contributed by atoms with Gasteiger partial charge in [0.25, 0.3) is 0 Å². The Morgan fingerprint density at radius 1 is 1.59 bits per heavy atom. The minimum absolute atomic E-state index is 0.0546. The summed E-state index contributed by atoms with van der Waals surface area (Å²) in [5, 5.41) is 11.1. The van der Waals surface area contributed by atoms with Crippen LogP contribution in [0.1, 0.15) is 32.6 Å². The molecule has 0 spiro atoms. The third-order valence-corrected chi connectivity index (χ3v) is 3.75. The van der Waals surface area contributed by atoms with Crippen LogP contribution < -0.4 is 4.90 Å². The van der Waals surface area contributed by atoms with Gasteiger partial charge in [0.2, 0.25) is 11.1 Å². The Morgan fingerprint density at radius 3 is 2.86 bits per heavy atom. The molecular formula is C13H17ClN4O4. The van der Waals surface area contributed by atoms with Crippen LogP contribution in [0.25, 0.3) is 0 Å². The second kappa shape index (κ2) is 7.35. The van der Waals surface area contributed by atoms with E-state index >= 15 is 0 Å². The second-order valence-corrected chi connectivity index (χ2v) is 5.28. The molecule has 0 atom stereocenters. The molecule has 1 aliphatic carbocycles. The summed E-state index contributed by atoms with van der Waals surface area (Å²) in [5.74, 6) is -0.173. The molecule has 0 bridgehead atoms. The van der Waals surface area contributed by atoms with Crippen molar-refractivity contribution >= 4 is 29.1 Å². The highest BCUT2D eigenvalue weighted by Crippen LogP contribution is 2.34. The van der Waals surface area contributed by atoms with Crippen molar-refractivity contribution < 1.29 is 14.5 Å². The average Bonchev–Trinajstić information content (AvgIpc) is 2.41. The number of esters is 1. The maximum absolute atomic E-state index is 11.6. The number of rotatable bonds is 7. The van der Waals surface area contributed by atoms with Crippen molar-refractivity contribution in [3.63, 3.8) is 0 Å². The standard InChI is InChI=1S/C13H17ClN4O4/c1-2-22-11(19)6-7-17(9-4-3-5-9)12-10(18(20)21)8-15-13(14)16-12/h8-9H,2-7H2,1H3. The van der Waals surface area contributed by atoms with E-state index in [1.54, 1.807) is 11.8 Å². The van der Waals surface area contributed by atoms with Gasteiger partial charge in [-0.25, -0.2) is 4.98 Å². The molecule has 1 aromatic rings. The Balaban J connectivity index is 2.23. The molecule has 22 heavy (non-hydrogen) atoms. The summed E-state index contributed by atoms with van der Waals surface area (Å²) in [6.45, 7) is 2.34. The van der Waals surface area contributed by atoms with Gasteiger partial charge in [0.05, 0.1) is 18.0 Å². The van der Waals surface area contributed by atoms with E-state index in [4.69, 9.17) is 16.3 Å². The van der Waals surface area contributed by atoms with Crippen LogP contribution >= 0.6 is 11.6 Å². The molecule has 1 fully saturated rings. The number of carbonyl (C=O) groups excluding carboxylic acids is 1. The molecule has 9 heteroatoms.